The number of nitrogens with one attached hydrogen (secondary N) is 1. The van der Waals surface area contributed by atoms with Crippen LogP contribution in [0.5, 0.6) is 0 Å². The van der Waals surface area contributed by atoms with Crippen molar-refractivity contribution in [3.63, 3.8) is 0 Å². The Labute approximate surface area is 84.1 Å². The van der Waals surface area contributed by atoms with Crippen molar-refractivity contribution in [2.75, 3.05) is 19.7 Å². The predicted octanol–water partition coefficient (Wildman–Crippen LogP) is -0.0583. The number of rotatable bonds is 2. The summed E-state index contributed by atoms with van der Waals surface area (Å²) < 4.78 is 4.81. The average Bonchev–Trinajstić information content (AvgIpc) is 2.05. The second-order valence-corrected chi connectivity index (χ2v) is 2.92. The molecule has 2 atom stereocenters. The fraction of sp³-hybridized carbons (Fsp3) is 0.875. The summed E-state index contributed by atoms with van der Waals surface area (Å²) in [5.41, 5.74) is 0. The summed E-state index contributed by atoms with van der Waals surface area (Å²) in [5, 5.41) is 12.5. The molecule has 0 aromatic heterocycles. The van der Waals surface area contributed by atoms with Gasteiger partial charge in [-0.1, -0.05) is 0 Å². The van der Waals surface area contributed by atoms with Gasteiger partial charge in [-0.2, -0.15) is 0 Å². The number of carbonyl (C=O) groups is 1. The number of carbonyl (C=O) groups excluding carboxylic acids is 1. The third kappa shape index (κ3) is 3.50. The van der Waals surface area contributed by atoms with Crippen molar-refractivity contribution in [2.45, 2.75) is 19.4 Å². The van der Waals surface area contributed by atoms with Gasteiger partial charge in [0.25, 0.3) is 0 Å². The molecule has 0 spiro atoms. The first-order valence-electron chi connectivity index (χ1n) is 4.31. The van der Waals surface area contributed by atoms with Crippen LogP contribution in [0.4, 0.5) is 0 Å². The molecule has 13 heavy (non-hydrogen) atoms. The highest BCUT2D eigenvalue weighted by atomic mass is 35.5. The molecule has 4 nitrogen and oxygen atoms in total. The Bertz CT molecular complexity index is 165. The van der Waals surface area contributed by atoms with Gasteiger partial charge in [-0.3, -0.25) is 4.79 Å². The average molecular weight is 210 g/mol. The van der Waals surface area contributed by atoms with E-state index in [1.54, 1.807) is 6.92 Å². The van der Waals surface area contributed by atoms with Crippen LogP contribution in [-0.4, -0.2) is 36.9 Å². The summed E-state index contributed by atoms with van der Waals surface area (Å²) in [6.07, 6.45) is 0.0917. The molecular weight excluding hydrogens is 194 g/mol. The molecular formula is C8H16ClNO3. The normalized spacial score (nSPS) is 27.5. The molecule has 1 saturated heterocycles. The molecule has 1 aliphatic heterocycles. The van der Waals surface area contributed by atoms with Crippen LogP contribution in [-0.2, 0) is 9.53 Å². The van der Waals surface area contributed by atoms with Crippen LogP contribution >= 0.6 is 12.4 Å². The molecule has 0 aromatic carbocycles. The van der Waals surface area contributed by atoms with Crippen LogP contribution < -0.4 is 5.32 Å². The van der Waals surface area contributed by atoms with E-state index in [1.807, 2.05) is 0 Å². The largest absolute Gasteiger partial charge is 0.466 e. The summed E-state index contributed by atoms with van der Waals surface area (Å²) in [7, 11) is 0. The third-order valence-corrected chi connectivity index (χ3v) is 2.03. The Balaban J connectivity index is 0.00000144. The van der Waals surface area contributed by atoms with Crippen molar-refractivity contribution in [3.8, 4) is 0 Å². The van der Waals surface area contributed by atoms with E-state index in [0.717, 1.165) is 6.54 Å². The van der Waals surface area contributed by atoms with Crippen LogP contribution in [0, 0.1) is 5.92 Å². The van der Waals surface area contributed by atoms with E-state index in [2.05, 4.69) is 5.32 Å². The highest BCUT2D eigenvalue weighted by Gasteiger charge is 2.30. The molecule has 0 aromatic rings. The first-order valence-corrected chi connectivity index (χ1v) is 4.31. The monoisotopic (exact) mass is 209 g/mol. The molecule has 0 amide bonds. The number of piperidine rings is 1. The minimum Gasteiger partial charge on any atom is -0.466 e. The lowest BCUT2D eigenvalue weighted by Crippen LogP contribution is -2.44. The molecule has 0 radical (unpaired) electrons. The van der Waals surface area contributed by atoms with E-state index in [0.29, 0.717) is 19.6 Å². The summed E-state index contributed by atoms with van der Waals surface area (Å²) >= 11 is 0. The maximum absolute atomic E-state index is 11.2. The summed E-state index contributed by atoms with van der Waals surface area (Å²) in [6, 6.07) is 0. The van der Waals surface area contributed by atoms with Crippen molar-refractivity contribution in [1.29, 1.82) is 0 Å². The number of aliphatic hydroxyl groups is 1. The summed E-state index contributed by atoms with van der Waals surface area (Å²) in [4.78, 5) is 11.2. The van der Waals surface area contributed by atoms with Crippen LogP contribution in [0.2, 0.25) is 0 Å². The molecule has 78 valence electrons. The van der Waals surface area contributed by atoms with E-state index in [9.17, 15) is 9.90 Å². The minimum absolute atomic E-state index is 0. The second kappa shape index (κ2) is 6.18. The first kappa shape index (κ1) is 12.7. The Morgan fingerprint density at radius 3 is 2.92 bits per heavy atom. The first-order chi connectivity index (χ1) is 5.75. The molecule has 0 bridgehead atoms. The van der Waals surface area contributed by atoms with E-state index in [-0.39, 0.29) is 24.3 Å². The number of aliphatic hydroxyl groups excluding tert-OH is 1. The van der Waals surface area contributed by atoms with Crippen molar-refractivity contribution >= 4 is 18.4 Å². The Morgan fingerprint density at radius 1 is 1.69 bits per heavy atom. The lowest BCUT2D eigenvalue weighted by molar-refractivity contribution is -0.152. The fourth-order valence-electron chi connectivity index (χ4n) is 1.33. The molecule has 1 heterocycles. The zero-order valence-electron chi connectivity index (χ0n) is 7.66. The van der Waals surface area contributed by atoms with Gasteiger partial charge in [0.05, 0.1) is 18.6 Å². The molecule has 0 saturated carbocycles. The zero-order chi connectivity index (χ0) is 8.97. The highest BCUT2D eigenvalue weighted by Crippen LogP contribution is 2.12. The fourth-order valence-corrected chi connectivity index (χ4v) is 1.33. The summed E-state index contributed by atoms with van der Waals surface area (Å²) in [6.45, 7) is 3.44. The smallest absolute Gasteiger partial charge is 0.312 e. The maximum Gasteiger partial charge on any atom is 0.312 e. The third-order valence-electron chi connectivity index (χ3n) is 2.03. The van der Waals surface area contributed by atoms with Gasteiger partial charge in [-0.15, -0.1) is 12.4 Å². The van der Waals surface area contributed by atoms with Gasteiger partial charge in [-0.05, 0) is 19.9 Å². The number of esters is 1. The second-order valence-electron chi connectivity index (χ2n) is 2.92. The van der Waals surface area contributed by atoms with E-state index in [4.69, 9.17) is 4.74 Å². The lowest BCUT2D eigenvalue weighted by atomic mass is 9.96. The van der Waals surface area contributed by atoms with Gasteiger partial charge in [0, 0.05) is 6.54 Å². The van der Waals surface area contributed by atoms with E-state index in [1.165, 1.54) is 0 Å². The topological polar surface area (TPSA) is 58.6 Å². The highest BCUT2D eigenvalue weighted by molar-refractivity contribution is 5.85. The minimum atomic E-state index is -0.537. The molecule has 0 aliphatic carbocycles. The van der Waals surface area contributed by atoms with Gasteiger partial charge in [-0.25, -0.2) is 0 Å². The predicted molar refractivity (Wildman–Crippen MR) is 50.9 cm³/mol. The lowest BCUT2D eigenvalue weighted by Gasteiger charge is -2.26. The summed E-state index contributed by atoms with van der Waals surface area (Å²) in [5.74, 6) is -0.670. The van der Waals surface area contributed by atoms with Crippen LogP contribution in [0.3, 0.4) is 0 Å². The van der Waals surface area contributed by atoms with Crippen molar-refractivity contribution in [1.82, 2.24) is 5.32 Å². The van der Waals surface area contributed by atoms with E-state index < -0.39 is 6.10 Å². The molecule has 5 heteroatoms. The van der Waals surface area contributed by atoms with Gasteiger partial charge in [0.1, 0.15) is 0 Å². The van der Waals surface area contributed by atoms with E-state index >= 15 is 0 Å². The number of hydrogen-bond donors (Lipinski definition) is 2. The van der Waals surface area contributed by atoms with Crippen LogP contribution in [0.25, 0.3) is 0 Å². The van der Waals surface area contributed by atoms with Crippen molar-refractivity contribution in [3.05, 3.63) is 0 Å². The van der Waals surface area contributed by atoms with Gasteiger partial charge in [0.15, 0.2) is 0 Å². The Hall–Kier alpha value is -0.320. The Kier molecular flexibility index (Phi) is 6.03. The SMILES string of the molecule is CCOC(=O)[C@H]1CNCC[C@H]1O.Cl. The van der Waals surface area contributed by atoms with Crippen molar-refractivity contribution in [2.24, 2.45) is 5.92 Å². The Morgan fingerprint density at radius 2 is 2.38 bits per heavy atom. The van der Waals surface area contributed by atoms with Gasteiger partial charge >= 0.3 is 5.97 Å². The van der Waals surface area contributed by atoms with Crippen LogP contribution in [0.15, 0.2) is 0 Å². The molecule has 1 rings (SSSR count). The number of ether oxygens (including phenoxy) is 1. The van der Waals surface area contributed by atoms with Gasteiger partial charge in [0.2, 0.25) is 0 Å². The van der Waals surface area contributed by atoms with Crippen molar-refractivity contribution < 1.29 is 14.6 Å². The van der Waals surface area contributed by atoms with Crippen LogP contribution in [0.1, 0.15) is 13.3 Å². The van der Waals surface area contributed by atoms with Gasteiger partial charge < -0.3 is 15.2 Å². The number of halogens is 1. The molecule has 0 unspecified atom stereocenters. The molecule has 1 fully saturated rings. The number of hydrogen-bond acceptors (Lipinski definition) is 4. The standard InChI is InChI=1S/C8H15NO3.ClH/c1-2-12-8(11)6-5-9-4-3-7(6)10;/h6-7,9-10H,2-5H2,1H3;1H/t6-,7+;/m0./s1. The zero-order valence-corrected chi connectivity index (χ0v) is 8.47. The quantitative estimate of drug-likeness (QED) is 0.626. The molecule has 1 aliphatic rings. The molecule has 2 N–H and O–H groups in total. The maximum atomic E-state index is 11.2.